The third kappa shape index (κ3) is 2.30. The molecule has 0 bridgehead atoms. The Bertz CT molecular complexity index is 309. The molecule has 1 rings (SSSR count). The van der Waals surface area contributed by atoms with E-state index in [0.717, 1.165) is 0 Å². The van der Waals surface area contributed by atoms with Gasteiger partial charge in [-0.05, 0) is 19.2 Å². The molecule has 0 aliphatic heterocycles. The number of benzene rings is 1. The van der Waals surface area contributed by atoms with Crippen LogP contribution in [0.5, 0.6) is 5.75 Å². The Hall–Kier alpha value is -1.46. The molecule has 0 aliphatic carbocycles. The van der Waals surface area contributed by atoms with Gasteiger partial charge >= 0.3 is 0 Å². The van der Waals surface area contributed by atoms with Crippen molar-refractivity contribution in [2.24, 2.45) is 0 Å². The van der Waals surface area contributed by atoms with Gasteiger partial charge < -0.3 is 10.4 Å². The molecule has 0 radical (unpaired) electrons. The Labute approximate surface area is 72.2 Å². The van der Waals surface area contributed by atoms with Crippen LogP contribution in [-0.2, 0) is 0 Å². The van der Waals surface area contributed by atoms with E-state index in [-0.39, 0.29) is 5.75 Å². The molecule has 1 aromatic rings. The van der Waals surface area contributed by atoms with Gasteiger partial charge in [-0.25, -0.2) is 0 Å². The van der Waals surface area contributed by atoms with Crippen molar-refractivity contribution in [3.05, 3.63) is 29.8 Å². The summed E-state index contributed by atoms with van der Waals surface area (Å²) in [5.41, 5.74) is 0.674. The Balaban J connectivity index is 2.77. The SMILES string of the molecule is CNCC#Cc1ccccc1O. The Morgan fingerprint density at radius 3 is 2.83 bits per heavy atom. The predicted molar refractivity (Wildman–Crippen MR) is 48.9 cm³/mol. The number of phenolic OH excluding ortho intramolecular Hbond substituents is 1. The lowest BCUT2D eigenvalue weighted by Crippen LogP contribution is -2.04. The van der Waals surface area contributed by atoms with Crippen molar-refractivity contribution in [1.82, 2.24) is 5.32 Å². The molecule has 2 N–H and O–H groups in total. The van der Waals surface area contributed by atoms with Crippen molar-refractivity contribution in [2.45, 2.75) is 0 Å². The summed E-state index contributed by atoms with van der Waals surface area (Å²) in [5, 5.41) is 12.2. The van der Waals surface area contributed by atoms with E-state index in [1.165, 1.54) is 0 Å². The van der Waals surface area contributed by atoms with Crippen molar-refractivity contribution >= 4 is 0 Å². The van der Waals surface area contributed by atoms with Crippen molar-refractivity contribution in [1.29, 1.82) is 0 Å². The van der Waals surface area contributed by atoms with E-state index in [1.54, 1.807) is 18.2 Å². The number of phenols is 1. The zero-order chi connectivity index (χ0) is 8.81. The first-order valence-corrected chi connectivity index (χ1v) is 3.76. The van der Waals surface area contributed by atoms with Crippen molar-refractivity contribution < 1.29 is 5.11 Å². The van der Waals surface area contributed by atoms with Gasteiger partial charge in [0.15, 0.2) is 0 Å². The average molecular weight is 161 g/mol. The summed E-state index contributed by atoms with van der Waals surface area (Å²) in [6, 6.07) is 7.04. The second-order valence-corrected chi connectivity index (χ2v) is 2.35. The number of hydrogen-bond donors (Lipinski definition) is 2. The van der Waals surface area contributed by atoms with Crippen LogP contribution >= 0.6 is 0 Å². The molecule has 0 saturated carbocycles. The molecule has 0 saturated heterocycles. The second-order valence-electron chi connectivity index (χ2n) is 2.35. The van der Waals surface area contributed by atoms with E-state index >= 15 is 0 Å². The fourth-order valence-corrected chi connectivity index (χ4v) is 0.807. The van der Waals surface area contributed by atoms with Crippen LogP contribution in [0.25, 0.3) is 0 Å². The molecule has 0 aromatic heterocycles. The molecule has 0 heterocycles. The van der Waals surface area contributed by atoms with E-state index in [1.807, 2.05) is 13.1 Å². The number of para-hydroxylation sites is 1. The van der Waals surface area contributed by atoms with Gasteiger partial charge in [-0.2, -0.15) is 0 Å². The molecule has 0 amide bonds. The predicted octanol–water partition coefficient (Wildman–Crippen LogP) is 0.963. The normalized spacial score (nSPS) is 8.75. The first kappa shape index (κ1) is 8.63. The molecule has 0 atom stereocenters. The maximum atomic E-state index is 9.29. The lowest BCUT2D eigenvalue weighted by molar-refractivity contribution is 0.473. The van der Waals surface area contributed by atoms with Crippen LogP contribution < -0.4 is 5.32 Å². The van der Waals surface area contributed by atoms with E-state index in [9.17, 15) is 5.11 Å². The average Bonchev–Trinajstić information content (AvgIpc) is 2.09. The van der Waals surface area contributed by atoms with Crippen LogP contribution in [0, 0.1) is 11.8 Å². The minimum Gasteiger partial charge on any atom is -0.507 e. The standard InChI is InChI=1S/C10H11NO/c1-11-8-4-6-9-5-2-3-7-10(9)12/h2-3,5,7,11-12H,8H2,1H3. The fraction of sp³-hybridized carbons (Fsp3) is 0.200. The third-order valence-corrected chi connectivity index (χ3v) is 1.39. The van der Waals surface area contributed by atoms with Crippen LogP contribution in [-0.4, -0.2) is 18.7 Å². The molecule has 0 unspecified atom stereocenters. The van der Waals surface area contributed by atoms with E-state index in [0.29, 0.717) is 12.1 Å². The van der Waals surface area contributed by atoms with Crippen LogP contribution in [0.15, 0.2) is 24.3 Å². The smallest absolute Gasteiger partial charge is 0.131 e. The molecule has 0 fully saturated rings. The van der Waals surface area contributed by atoms with Gasteiger partial charge in [-0.15, -0.1) is 0 Å². The minimum absolute atomic E-state index is 0.237. The quantitative estimate of drug-likeness (QED) is 0.601. The fourth-order valence-electron chi connectivity index (χ4n) is 0.807. The van der Waals surface area contributed by atoms with Gasteiger partial charge in [0, 0.05) is 0 Å². The molecular formula is C10H11NO. The van der Waals surface area contributed by atoms with Gasteiger partial charge in [0.2, 0.25) is 0 Å². The Morgan fingerprint density at radius 2 is 2.17 bits per heavy atom. The summed E-state index contributed by atoms with van der Waals surface area (Å²) in [4.78, 5) is 0. The molecule has 2 heteroatoms. The van der Waals surface area contributed by atoms with Gasteiger partial charge in [0.25, 0.3) is 0 Å². The number of rotatable bonds is 1. The van der Waals surface area contributed by atoms with Gasteiger partial charge in [-0.1, -0.05) is 24.0 Å². The monoisotopic (exact) mass is 161 g/mol. The van der Waals surface area contributed by atoms with Crippen molar-refractivity contribution in [3.63, 3.8) is 0 Å². The topological polar surface area (TPSA) is 32.3 Å². The Kier molecular flexibility index (Phi) is 3.18. The van der Waals surface area contributed by atoms with Crippen molar-refractivity contribution in [2.75, 3.05) is 13.6 Å². The summed E-state index contributed by atoms with van der Waals surface area (Å²) in [5.74, 6) is 5.96. The number of nitrogens with one attached hydrogen (secondary N) is 1. The first-order chi connectivity index (χ1) is 5.84. The minimum atomic E-state index is 0.237. The van der Waals surface area contributed by atoms with Crippen LogP contribution in [0.4, 0.5) is 0 Å². The maximum Gasteiger partial charge on any atom is 0.131 e. The van der Waals surface area contributed by atoms with Crippen LogP contribution in [0.1, 0.15) is 5.56 Å². The summed E-state index contributed by atoms with van der Waals surface area (Å²) in [6.07, 6.45) is 0. The summed E-state index contributed by atoms with van der Waals surface area (Å²) in [6.45, 7) is 0.633. The highest BCUT2D eigenvalue weighted by atomic mass is 16.3. The van der Waals surface area contributed by atoms with Crippen LogP contribution in [0.3, 0.4) is 0 Å². The summed E-state index contributed by atoms with van der Waals surface area (Å²) < 4.78 is 0. The third-order valence-electron chi connectivity index (χ3n) is 1.39. The van der Waals surface area contributed by atoms with Crippen LogP contribution in [0.2, 0.25) is 0 Å². The van der Waals surface area contributed by atoms with Gasteiger partial charge in [-0.3, -0.25) is 0 Å². The molecule has 2 nitrogen and oxygen atoms in total. The lowest BCUT2D eigenvalue weighted by atomic mass is 10.2. The van der Waals surface area contributed by atoms with E-state index in [2.05, 4.69) is 17.2 Å². The molecular weight excluding hydrogens is 150 g/mol. The summed E-state index contributed by atoms with van der Waals surface area (Å²) >= 11 is 0. The number of aromatic hydroxyl groups is 1. The highest BCUT2D eigenvalue weighted by Crippen LogP contribution is 2.13. The van der Waals surface area contributed by atoms with E-state index in [4.69, 9.17) is 0 Å². The second kappa shape index (κ2) is 4.42. The van der Waals surface area contributed by atoms with Crippen molar-refractivity contribution in [3.8, 4) is 17.6 Å². The highest BCUT2D eigenvalue weighted by Gasteiger charge is 1.91. The van der Waals surface area contributed by atoms with E-state index < -0.39 is 0 Å². The largest absolute Gasteiger partial charge is 0.507 e. The molecule has 62 valence electrons. The zero-order valence-electron chi connectivity index (χ0n) is 6.96. The molecule has 0 aliphatic rings. The van der Waals surface area contributed by atoms with Gasteiger partial charge in [0.1, 0.15) is 5.75 Å². The first-order valence-electron chi connectivity index (χ1n) is 3.76. The zero-order valence-corrected chi connectivity index (χ0v) is 6.96. The summed E-state index contributed by atoms with van der Waals surface area (Å²) in [7, 11) is 1.83. The maximum absolute atomic E-state index is 9.29. The molecule has 12 heavy (non-hydrogen) atoms. The molecule has 0 spiro atoms. The number of hydrogen-bond acceptors (Lipinski definition) is 2. The Morgan fingerprint density at radius 1 is 1.42 bits per heavy atom. The van der Waals surface area contributed by atoms with Gasteiger partial charge in [0.05, 0.1) is 12.1 Å². The molecule has 1 aromatic carbocycles. The highest BCUT2D eigenvalue weighted by molar-refractivity contribution is 5.44. The lowest BCUT2D eigenvalue weighted by Gasteiger charge is -1.93.